The third kappa shape index (κ3) is 4.67. The molecule has 43 heavy (non-hydrogen) atoms. The van der Waals surface area contributed by atoms with E-state index in [9.17, 15) is 14.4 Å². The summed E-state index contributed by atoms with van der Waals surface area (Å²) in [4.78, 5) is 47.6. The van der Waals surface area contributed by atoms with Gasteiger partial charge in [-0.15, -0.1) is 0 Å². The van der Waals surface area contributed by atoms with Crippen molar-refractivity contribution >= 4 is 29.5 Å². The van der Waals surface area contributed by atoms with Crippen LogP contribution < -0.4 is 9.46 Å². The number of likely N-dealkylation sites (N-methyl/N-ethyl adjacent to an activating group) is 1. The predicted octanol–water partition coefficient (Wildman–Crippen LogP) is 6.18. The zero-order valence-corrected chi connectivity index (χ0v) is 26.8. The highest BCUT2D eigenvalue weighted by Crippen LogP contribution is 2.58. The van der Waals surface area contributed by atoms with Crippen LogP contribution in [0.2, 0.25) is 0 Å². The Kier molecular flexibility index (Phi) is 7.23. The first-order chi connectivity index (χ1) is 20.4. The molecule has 1 spiro atoms. The number of hydrogen-bond acceptors (Lipinski definition) is 7. The number of rotatable bonds is 5. The van der Waals surface area contributed by atoms with E-state index in [-0.39, 0.29) is 23.0 Å². The molecule has 1 aromatic heterocycles. The van der Waals surface area contributed by atoms with Crippen LogP contribution in [0.25, 0.3) is 11.3 Å². The second kappa shape index (κ2) is 10.5. The van der Waals surface area contributed by atoms with Gasteiger partial charge in [-0.05, 0) is 75.3 Å². The fourth-order valence-corrected chi connectivity index (χ4v) is 7.52. The fraction of sp³-hybridized carbons (Fsp3) is 0.471. The molecule has 226 valence electrons. The first kappa shape index (κ1) is 29.5. The minimum absolute atomic E-state index is 0.0376. The number of aromatic nitrogens is 1. The van der Waals surface area contributed by atoms with Crippen molar-refractivity contribution < 1.29 is 23.9 Å². The number of pyridine rings is 1. The number of nitrogens with one attached hydrogen (secondary N) is 1. The number of carbonyl (C=O) groups excluding carboxylic acids is 3. The van der Waals surface area contributed by atoms with E-state index < -0.39 is 11.5 Å². The van der Waals surface area contributed by atoms with Gasteiger partial charge < -0.3 is 14.4 Å². The molecule has 0 unspecified atom stereocenters. The number of allylic oxidation sites excluding steroid dienone is 2. The van der Waals surface area contributed by atoms with E-state index in [1.165, 1.54) is 11.9 Å². The van der Waals surface area contributed by atoms with Crippen LogP contribution in [0.1, 0.15) is 85.5 Å². The number of benzene rings is 1. The zero-order valence-electron chi connectivity index (χ0n) is 26.0. The quantitative estimate of drug-likeness (QED) is 0.409. The van der Waals surface area contributed by atoms with Gasteiger partial charge >= 0.3 is 0 Å². The first-order valence-electron chi connectivity index (χ1n) is 14.9. The number of Topliss-reactive ketones (excluding diaryl/α,β-unsaturated/α-hetero) is 1. The van der Waals surface area contributed by atoms with Crippen LogP contribution in [-0.2, 0) is 14.3 Å². The van der Waals surface area contributed by atoms with Crippen molar-refractivity contribution in [2.24, 2.45) is 5.41 Å². The highest BCUT2D eigenvalue weighted by atomic mass is 32.2. The lowest BCUT2D eigenvalue weighted by molar-refractivity contribution is -0.133. The zero-order chi connectivity index (χ0) is 30.8. The van der Waals surface area contributed by atoms with Crippen molar-refractivity contribution in [2.45, 2.75) is 77.7 Å². The standard InChI is InChI=1S/C34H39N3O5S/c1-18-9-11-21(35-30(18)31(39)36-43-7)20-10-12-23(41-6)26(19(20)2)29-27-22(38)15-34(13-8-14-34)17-25(27)42-24-16-33(3,4)37(5)32(40)28(24)29/h9-12,29H,8,13-17H2,1-7H3,(H,36,39)/t29-/m0/s1. The Morgan fingerprint density at radius 1 is 1.07 bits per heavy atom. The lowest BCUT2D eigenvalue weighted by Gasteiger charge is -2.50. The van der Waals surface area contributed by atoms with Gasteiger partial charge in [0.25, 0.3) is 11.8 Å². The topological polar surface area (TPSA) is 97.8 Å². The van der Waals surface area contributed by atoms with Crippen LogP contribution in [0.3, 0.4) is 0 Å². The SMILES string of the molecule is COc1ccc(-c2ccc(C)c(C(=O)NSC)n2)c(C)c1[C@H]1C2=C(CC3(CCC3)CC2=O)OC2=C1C(=O)N(C)C(C)(C)C2. The molecule has 8 nitrogen and oxygen atoms in total. The maximum atomic E-state index is 14.2. The number of aryl methyl sites for hydroxylation is 1. The Morgan fingerprint density at radius 3 is 2.44 bits per heavy atom. The normalized spacial score (nSPS) is 22.1. The Labute approximate surface area is 257 Å². The summed E-state index contributed by atoms with van der Waals surface area (Å²) in [5, 5.41) is 0. The number of amides is 2. The van der Waals surface area contributed by atoms with E-state index in [2.05, 4.69) is 4.72 Å². The van der Waals surface area contributed by atoms with E-state index in [4.69, 9.17) is 14.5 Å². The average molecular weight is 602 g/mol. The third-order valence-electron chi connectivity index (χ3n) is 10.0. The van der Waals surface area contributed by atoms with Crippen molar-refractivity contribution in [3.05, 3.63) is 69.3 Å². The molecule has 4 aliphatic rings. The van der Waals surface area contributed by atoms with Crippen molar-refractivity contribution in [2.75, 3.05) is 20.4 Å². The van der Waals surface area contributed by atoms with Crippen LogP contribution in [0, 0.1) is 19.3 Å². The molecule has 1 fully saturated rings. The molecule has 1 N–H and O–H groups in total. The summed E-state index contributed by atoms with van der Waals surface area (Å²) in [6, 6.07) is 7.59. The Morgan fingerprint density at radius 2 is 1.79 bits per heavy atom. The van der Waals surface area contributed by atoms with E-state index in [1.807, 2.05) is 59.0 Å². The summed E-state index contributed by atoms with van der Waals surface area (Å²) >= 11 is 1.23. The lowest BCUT2D eigenvalue weighted by atomic mass is 9.58. The Balaban J connectivity index is 1.58. The van der Waals surface area contributed by atoms with Gasteiger partial charge in [-0.3, -0.25) is 19.1 Å². The molecule has 1 saturated carbocycles. The predicted molar refractivity (Wildman–Crippen MR) is 167 cm³/mol. The third-order valence-corrected chi connectivity index (χ3v) is 10.4. The largest absolute Gasteiger partial charge is 0.496 e. The fourth-order valence-electron chi connectivity index (χ4n) is 7.24. The highest BCUT2D eigenvalue weighted by molar-refractivity contribution is 7.97. The number of nitrogens with zero attached hydrogens (tertiary/aromatic N) is 2. The van der Waals surface area contributed by atoms with Crippen molar-refractivity contribution in [1.29, 1.82) is 0 Å². The average Bonchev–Trinajstić information content (AvgIpc) is 2.94. The van der Waals surface area contributed by atoms with Gasteiger partial charge in [0.1, 0.15) is 23.0 Å². The summed E-state index contributed by atoms with van der Waals surface area (Å²) in [5.74, 6) is 0.973. The summed E-state index contributed by atoms with van der Waals surface area (Å²) in [6.45, 7) is 7.92. The minimum atomic E-state index is -0.630. The van der Waals surface area contributed by atoms with E-state index in [1.54, 1.807) is 18.3 Å². The van der Waals surface area contributed by atoms with Crippen LogP contribution in [0.5, 0.6) is 5.75 Å². The molecule has 9 heteroatoms. The number of methoxy groups -OCH3 is 1. The van der Waals surface area contributed by atoms with Gasteiger partial charge in [0.15, 0.2) is 5.78 Å². The number of hydrogen-bond donors (Lipinski definition) is 1. The van der Waals surface area contributed by atoms with Gasteiger partial charge in [0, 0.05) is 54.8 Å². The Hall–Kier alpha value is -3.59. The molecular weight excluding hydrogens is 562 g/mol. The molecule has 0 saturated heterocycles. The van der Waals surface area contributed by atoms with Gasteiger partial charge in [-0.2, -0.15) is 0 Å². The molecule has 0 radical (unpaired) electrons. The molecule has 2 amide bonds. The molecule has 1 atom stereocenters. The monoisotopic (exact) mass is 601 g/mol. The minimum Gasteiger partial charge on any atom is -0.496 e. The molecule has 6 rings (SSSR count). The van der Waals surface area contributed by atoms with E-state index >= 15 is 0 Å². The lowest BCUT2D eigenvalue weighted by Crippen LogP contribution is -2.52. The molecule has 2 aromatic rings. The first-order valence-corrected chi connectivity index (χ1v) is 16.1. The molecule has 1 aromatic carbocycles. The molecule has 2 aliphatic carbocycles. The van der Waals surface area contributed by atoms with Crippen molar-refractivity contribution in [3.63, 3.8) is 0 Å². The number of carbonyl (C=O) groups is 3. The Bertz CT molecular complexity index is 1630. The van der Waals surface area contributed by atoms with E-state index in [0.29, 0.717) is 59.1 Å². The van der Waals surface area contributed by atoms with E-state index in [0.717, 1.165) is 41.5 Å². The summed E-state index contributed by atoms with van der Waals surface area (Å²) < 4.78 is 15.3. The van der Waals surface area contributed by atoms with Gasteiger partial charge in [-0.1, -0.05) is 24.4 Å². The van der Waals surface area contributed by atoms with Crippen molar-refractivity contribution in [1.82, 2.24) is 14.6 Å². The maximum Gasteiger partial charge on any atom is 0.279 e. The second-order valence-corrected chi connectivity index (χ2v) is 13.7. The second-order valence-electron chi connectivity index (χ2n) is 13.0. The highest BCUT2D eigenvalue weighted by Gasteiger charge is 2.53. The molecular formula is C34H39N3O5S. The molecule has 2 aliphatic heterocycles. The van der Waals surface area contributed by atoms with Crippen LogP contribution >= 0.6 is 11.9 Å². The van der Waals surface area contributed by atoms with Gasteiger partial charge in [-0.25, -0.2) is 4.98 Å². The number of ketones is 1. The maximum absolute atomic E-state index is 14.2. The summed E-state index contributed by atoms with van der Waals surface area (Å²) in [6.07, 6.45) is 6.68. The molecule has 3 heterocycles. The van der Waals surface area contributed by atoms with Crippen molar-refractivity contribution in [3.8, 4) is 17.0 Å². The van der Waals surface area contributed by atoms with Gasteiger partial charge in [0.05, 0.1) is 24.3 Å². The van der Waals surface area contributed by atoms with Crippen LogP contribution in [-0.4, -0.2) is 53.4 Å². The molecule has 0 bridgehead atoms. The van der Waals surface area contributed by atoms with Crippen LogP contribution in [0.4, 0.5) is 0 Å². The number of ether oxygens (including phenoxy) is 2. The van der Waals surface area contributed by atoms with Crippen LogP contribution in [0.15, 0.2) is 46.9 Å². The van der Waals surface area contributed by atoms with Gasteiger partial charge in [0.2, 0.25) is 0 Å². The summed E-state index contributed by atoms with van der Waals surface area (Å²) in [7, 11) is 3.43. The summed E-state index contributed by atoms with van der Waals surface area (Å²) in [5.41, 5.74) is 4.77. The smallest absolute Gasteiger partial charge is 0.279 e.